The van der Waals surface area contributed by atoms with Crippen molar-refractivity contribution in [2.75, 3.05) is 11.9 Å². The van der Waals surface area contributed by atoms with Crippen molar-refractivity contribution < 1.29 is 9.78 Å². The third-order valence-electron chi connectivity index (χ3n) is 0.850. The van der Waals surface area contributed by atoms with Crippen LogP contribution in [0.15, 0.2) is 15.9 Å². The zero-order valence-electron chi connectivity index (χ0n) is 5.55. The number of thiophene rings is 1. The molecule has 0 spiro atoms. The highest BCUT2D eigenvalue weighted by Gasteiger charge is 1.97. The molecule has 0 amide bonds. The minimum atomic E-state index is 0.551. The zero-order chi connectivity index (χ0) is 8.10. The fraction of sp³-hybridized carbons (Fsp3) is 0.333. The van der Waals surface area contributed by atoms with Crippen molar-refractivity contribution in [1.29, 1.82) is 0 Å². The van der Waals surface area contributed by atoms with Gasteiger partial charge in [-0.25, -0.2) is 0 Å². The molecule has 0 saturated heterocycles. The molecule has 0 aliphatic heterocycles. The van der Waals surface area contributed by atoms with Gasteiger partial charge in [0, 0.05) is 5.33 Å². The average Bonchev–Trinajstić information content (AvgIpc) is 2.37. The molecule has 0 radical (unpaired) electrons. The molecule has 1 aromatic heterocycles. The third kappa shape index (κ3) is 3.55. The molecule has 0 saturated carbocycles. The molecule has 1 rings (SSSR count). The van der Waals surface area contributed by atoms with E-state index < -0.39 is 0 Å². The molecule has 62 valence electrons. The SMILES string of the molecule is BrCCOOc1ccc(Br)s1. The first kappa shape index (κ1) is 9.51. The summed E-state index contributed by atoms with van der Waals surface area (Å²) in [5, 5.41) is 1.54. The van der Waals surface area contributed by atoms with Gasteiger partial charge in [-0.15, -0.1) is 0 Å². The predicted octanol–water partition coefficient (Wildman–Crippen LogP) is 3.22. The van der Waals surface area contributed by atoms with Crippen molar-refractivity contribution in [3.8, 4) is 5.06 Å². The summed E-state index contributed by atoms with van der Waals surface area (Å²) < 4.78 is 1.04. The van der Waals surface area contributed by atoms with Crippen LogP contribution in [-0.4, -0.2) is 11.9 Å². The Balaban J connectivity index is 2.27. The van der Waals surface area contributed by atoms with Gasteiger partial charge in [0.15, 0.2) is 0 Å². The summed E-state index contributed by atoms with van der Waals surface area (Å²) in [6, 6.07) is 3.76. The van der Waals surface area contributed by atoms with Crippen LogP contribution in [0.4, 0.5) is 0 Å². The number of hydrogen-bond donors (Lipinski definition) is 0. The Labute approximate surface area is 85.7 Å². The summed E-state index contributed by atoms with van der Waals surface area (Å²) in [4.78, 5) is 9.75. The molecule has 1 aromatic rings. The van der Waals surface area contributed by atoms with Crippen LogP contribution in [0.2, 0.25) is 0 Å². The van der Waals surface area contributed by atoms with Crippen molar-refractivity contribution in [3.63, 3.8) is 0 Å². The summed E-state index contributed by atoms with van der Waals surface area (Å²) >= 11 is 8.02. The normalized spacial score (nSPS) is 10.0. The smallest absolute Gasteiger partial charge is 0.220 e. The molecule has 11 heavy (non-hydrogen) atoms. The van der Waals surface area contributed by atoms with Gasteiger partial charge in [-0.1, -0.05) is 27.3 Å². The predicted molar refractivity (Wildman–Crippen MR) is 52.4 cm³/mol. The van der Waals surface area contributed by atoms with Gasteiger partial charge in [0.1, 0.15) is 6.61 Å². The van der Waals surface area contributed by atoms with Gasteiger partial charge in [0.2, 0.25) is 5.06 Å². The lowest BCUT2D eigenvalue weighted by atomic mass is 10.7. The summed E-state index contributed by atoms with van der Waals surface area (Å²) in [5.74, 6) is 0. The van der Waals surface area contributed by atoms with Crippen LogP contribution in [0, 0.1) is 0 Å². The van der Waals surface area contributed by atoms with Crippen LogP contribution in [0.25, 0.3) is 0 Å². The molecule has 0 fully saturated rings. The van der Waals surface area contributed by atoms with Crippen molar-refractivity contribution in [2.45, 2.75) is 0 Å². The molecule has 0 atom stereocenters. The van der Waals surface area contributed by atoms with Gasteiger partial charge in [-0.05, 0) is 28.1 Å². The van der Waals surface area contributed by atoms with E-state index in [0.717, 1.165) is 14.2 Å². The quantitative estimate of drug-likeness (QED) is 0.368. The first-order chi connectivity index (χ1) is 5.33. The average molecular weight is 302 g/mol. The molecule has 0 N–H and O–H groups in total. The maximum atomic E-state index is 4.93. The Bertz CT molecular complexity index is 214. The maximum Gasteiger partial charge on any atom is 0.220 e. The molecule has 0 aliphatic carbocycles. The maximum absolute atomic E-state index is 4.93. The Morgan fingerprint density at radius 2 is 2.27 bits per heavy atom. The fourth-order valence-corrected chi connectivity index (χ4v) is 1.76. The van der Waals surface area contributed by atoms with Gasteiger partial charge < -0.3 is 4.89 Å². The highest BCUT2D eigenvalue weighted by atomic mass is 79.9. The van der Waals surface area contributed by atoms with E-state index in [1.54, 1.807) is 0 Å². The standard InChI is InChI=1S/C6H6Br2O2S/c7-3-4-9-10-6-2-1-5(8)11-6/h1-2H,3-4H2. The molecule has 0 unspecified atom stereocenters. The van der Waals surface area contributed by atoms with Crippen LogP contribution < -0.4 is 4.89 Å². The Morgan fingerprint density at radius 3 is 2.82 bits per heavy atom. The first-order valence-electron chi connectivity index (χ1n) is 2.93. The van der Waals surface area contributed by atoms with E-state index in [2.05, 4.69) is 31.9 Å². The molecule has 1 heterocycles. The minimum absolute atomic E-state index is 0.551. The Kier molecular flexibility index (Phi) is 4.44. The number of rotatable bonds is 4. The molecular formula is C6H6Br2O2S. The van der Waals surface area contributed by atoms with E-state index in [9.17, 15) is 0 Å². The monoisotopic (exact) mass is 300 g/mol. The summed E-state index contributed by atoms with van der Waals surface area (Å²) in [7, 11) is 0. The number of halogens is 2. The topological polar surface area (TPSA) is 18.5 Å². The highest BCUT2D eigenvalue weighted by Crippen LogP contribution is 2.28. The summed E-state index contributed by atoms with van der Waals surface area (Å²) in [6.45, 7) is 0.551. The van der Waals surface area contributed by atoms with Crippen molar-refractivity contribution >= 4 is 43.2 Å². The van der Waals surface area contributed by atoms with Gasteiger partial charge >= 0.3 is 0 Å². The summed E-state index contributed by atoms with van der Waals surface area (Å²) in [6.07, 6.45) is 0. The lowest BCUT2D eigenvalue weighted by Crippen LogP contribution is -1.98. The van der Waals surface area contributed by atoms with E-state index in [0.29, 0.717) is 6.61 Å². The van der Waals surface area contributed by atoms with E-state index in [-0.39, 0.29) is 0 Å². The largest absolute Gasteiger partial charge is 0.326 e. The number of hydrogen-bond acceptors (Lipinski definition) is 3. The summed E-state index contributed by atoms with van der Waals surface area (Å²) in [5.41, 5.74) is 0. The Morgan fingerprint density at radius 1 is 1.45 bits per heavy atom. The van der Waals surface area contributed by atoms with Crippen LogP contribution in [0.3, 0.4) is 0 Å². The van der Waals surface area contributed by atoms with Gasteiger partial charge in [-0.3, -0.25) is 0 Å². The van der Waals surface area contributed by atoms with Crippen molar-refractivity contribution in [1.82, 2.24) is 0 Å². The molecule has 2 nitrogen and oxygen atoms in total. The van der Waals surface area contributed by atoms with Crippen molar-refractivity contribution in [2.24, 2.45) is 0 Å². The second kappa shape index (κ2) is 5.13. The minimum Gasteiger partial charge on any atom is -0.326 e. The number of alkyl halides is 1. The van der Waals surface area contributed by atoms with Crippen LogP contribution in [0.1, 0.15) is 0 Å². The van der Waals surface area contributed by atoms with Crippen molar-refractivity contribution in [3.05, 3.63) is 15.9 Å². The highest BCUT2D eigenvalue weighted by molar-refractivity contribution is 9.11. The second-order valence-electron chi connectivity index (χ2n) is 1.65. The van der Waals surface area contributed by atoms with Crippen LogP contribution >= 0.6 is 43.2 Å². The van der Waals surface area contributed by atoms with E-state index in [1.165, 1.54) is 11.3 Å². The first-order valence-corrected chi connectivity index (χ1v) is 5.67. The van der Waals surface area contributed by atoms with Crippen LogP contribution in [-0.2, 0) is 4.89 Å². The van der Waals surface area contributed by atoms with Gasteiger partial charge in [0.05, 0.1) is 3.79 Å². The molecule has 0 bridgehead atoms. The Hall–Kier alpha value is 0.420. The third-order valence-corrected chi connectivity index (χ3v) is 2.66. The molecule has 5 heteroatoms. The lowest BCUT2D eigenvalue weighted by molar-refractivity contribution is -0.197. The molecular weight excluding hydrogens is 296 g/mol. The fourth-order valence-electron chi connectivity index (χ4n) is 0.474. The van der Waals surface area contributed by atoms with E-state index in [1.807, 2.05) is 12.1 Å². The van der Waals surface area contributed by atoms with Gasteiger partial charge in [-0.2, -0.15) is 4.89 Å². The van der Waals surface area contributed by atoms with E-state index in [4.69, 9.17) is 9.78 Å². The van der Waals surface area contributed by atoms with E-state index >= 15 is 0 Å². The van der Waals surface area contributed by atoms with Crippen LogP contribution in [0.5, 0.6) is 5.06 Å². The van der Waals surface area contributed by atoms with Gasteiger partial charge in [0.25, 0.3) is 0 Å². The lowest BCUT2D eigenvalue weighted by Gasteiger charge is -1.97. The zero-order valence-corrected chi connectivity index (χ0v) is 9.54. The molecule has 0 aliphatic rings. The second-order valence-corrected chi connectivity index (χ2v) is 4.87. The molecule has 0 aromatic carbocycles.